The molecule has 0 radical (unpaired) electrons. The number of nitrogens with zero attached hydrogens (tertiary/aromatic N) is 1. The van der Waals surface area contributed by atoms with Crippen LogP contribution in [0.15, 0.2) is 48.5 Å². The number of carbonyl (C=O) groups excluding carboxylic acids is 2. The maximum Gasteiger partial charge on any atom is 0.255 e. The van der Waals surface area contributed by atoms with Crippen LogP contribution in [0, 0.1) is 5.41 Å². The van der Waals surface area contributed by atoms with Gasteiger partial charge in [0.1, 0.15) is 0 Å². The van der Waals surface area contributed by atoms with Crippen LogP contribution in [0.1, 0.15) is 50.5 Å². The van der Waals surface area contributed by atoms with E-state index in [1.165, 1.54) is 5.56 Å². The molecule has 0 atom stereocenters. The first-order chi connectivity index (χ1) is 13.2. The molecular weight excluding hydrogens is 350 g/mol. The fraction of sp³-hybridized carbons (Fsp3) is 0.391. The maximum absolute atomic E-state index is 12.5. The lowest BCUT2D eigenvalue weighted by Gasteiger charge is -2.18. The zero-order chi connectivity index (χ0) is 20.7. The third kappa shape index (κ3) is 6.20. The number of benzene rings is 2. The Hall–Kier alpha value is -2.66. The van der Waals surface area contributed by atoms with Gasteiger partial charge in [-0.15, -0.1) is 0 Å². The van der Waals surface area contributed by atoms with Gasteiger partial charge in [0.05, 0.1) is 0 Å². The highest BCUT2D eigenvalue weighted by Crippen LogP contribution is 2.20. The molecule has 0 saturated carbocycles. The largest absolute Gasteiger partial charge is 0.326 e. The molecule has 2 aromatic rings. The highest BCUT2D eigenvalue weighted by molar-refractivity contribution is 6.04. The normalized spacial score (nSPS) is 11.4. The minimum absolute atomic E-state index is 0.0697. The summed E-state index contributed by atoms with van der Waals surface area (Å²) in [5, 5.41) is 5.77. The van der Waals surface area contributed by atoms with E-state index in [9.17, 15) is 9.59 Å². The predicted molar refractivity (Wildman–Crippen MR) is 116 cm³/mol. The number of nitrogens with one attached hydrogen (secondary N) is 2. The van der Waals surface area contributed by atoms with Crippen LogP contribution in [0.2, 0.25) is 0 Å². The number of amides is 2. The highest BCUT2D eigenvalue weighted by Gasteiger charge is 2.21. The summed E-state index contributed by atoms with van der Waals surface area (Å²) in [5.41, 5.74) is 2.61. The first-order valence-corrected chi connectivity index (χ1v) is 9.77. The Morgan fingerprint density at radius 2 is 1.46 bits per heavy atom. The van der Waals surface area contributed by atoms with Crippen molar-refractivity contribution in [1.82, 2.24) is 4.90 Å². The molecule has 2 amide bonds. The van der Waals surface area contributed by atoms with Crippen LogP contribution in [0.3, 0.4) is 0 Å². The quantitative estimate of drug-likeness (QED) is 0.726. The summed E-state index contributed by atoms with van der Waals surface area (Å²) in [4.78, 5) is 27.0. The van der Waals surface area contributed by atoms with E-state index < -0.39 is 5.41 Å². The van der Waals surface area contributed by atoms with Crippen molar-refractivity contribution in [3.05, 3.63) is 59.7 Å². The second kappa shape index (κ2) is 9.51. The first-order valence-electron chi connectivity index (χ1n) is 9.77. The Balaban J connectivity index is 2.02. The van der Waals surface area contributed by atoms with Gasteiger partial charge in [-0.25, -0.2) is 0 Å². The van der Waals surface area contributed by atoms with E-state index in [0.717, 1.165) is 19.6 Å². The molecule has 5 nitrogen and oxygen atoms in total. The molecule has 0 saturated heterocycles. The smallest absolute Gasteiger partial charge is 0.255 e. The Morgan fingerprint density at radius 1 is 0.893 bits per heavy atom. The van der Waals surface area contributed by atoms with Crippen molar-refractivity contribution in [3.63, 3.8) is 0 Å². The van der Waals surface area contributed by atoms with Crippen LogP contribution < -0.4 is 10.6 Å². The van der Waals surface area contributed by atoms with Gasteiger partial charge in [-0.2, -0.15) is 0 Å². The lowest BCUT2D eigenvalue weighted by molar-refractivity contribution is -0.123. The SMILES string of the molecule is CCN(CC)Cc1ccc(C(=O)Nc2cccc(NC(=O)C(C)(C)C)c2)cc1. The molecule has 28 heavy (non-hydrogen) atoms. The summed E-state index contributed by atoms with van der Waals surface area (Å²) >= 11 is 0. The van der Waals surface area contributed by atoms with E-state index in [4.69, 9.17) is 0 Å². The minimum Gasteiger partial charge on any atom is -0.326 e. The number of hydrogen-bond donors (Lipinski definition) is 2. The molecule has 2 rings (SSSR count). The van der Waals surface area contributed by atoms with Gasteiger partial charge in [0.2, 0.25) is 5.91 Å². The molecule has 0 aliphatic rings. The summed E-state index contributed by atoms with van der Waals surface area (Å²) in [6, 6.07) is 14.9. The molecule has 0 heterocycles. The van der Waals surface area contributed by atoms with Gasteiger partial charge in [0, 0.05) is 28.9 Å². The van der Waals surface area contributed by atoms with Crippen molar-refractivity contribution < 1.29 is 9.59 Å². The summed E-state index contributed by atoms with van der Waals surface area (Å²) in [5.74, 6) is -0.242. The summed E-state index contributed by atoms with van der Waals surface area (Å²) in [6.45, 7) is 12.7. The van der Waals surface area contributed by atoms with Gasteiger partial charge in [0.25, 0.3) is 5.91 Å². The fourth-order valence-electron chi connectivity index (χ4n) is 2.66. The standard InChI is InChI=1S/C23H31N3O2/c1-6-26(7-2)16-17-11-13-18(14-12-17)21(27)24-19-9-8-10-20(15-19)25-22(28)23(3,4)5/h8-15H,6-7,16H2,1-5H3,(H,24,27)(H,25,28). The summed E-state index contributed by atoms with van der Waals surface area (Å²) < 4.78 is 0. The molecule has 0 spiro atoms. The zero-order valence-corrected chi connectivity index (χ0v) is 17.5. The van der Waals surface area contributed by atoms with Gasteiger partial charge in [-0.1, -0.05) is 52.8 Å². The average molecular weight is 382 g/mol. The zero-order valence-electron chi connectivity index (χ0n) is 17.5. The molecular formula is C23H31N3O2. The molecule has 0 fully saturated rings. The van der Waals surface area contributed by atoms with E-state index in [0.29, 0.717) is 16.9 Å². The molecule has 2 N–H and O–H groups in total. The molecule has 0 aliphatic carbocycles. The second-order valence-electron chi connectivity index (χ2n) is 7.90. The number of hydrogen-bond acceptors (Lipinski definition) is 3. The van der Waals surface area contributed by atoms with Crippen molar-refractivity contribution in [1.29, 1.82) is 0 Å². The van der Waals surface area contributed by atoms with E-state index in [2.05, 4.69) is 29.4 Å². The summed E-state index contributed by atoms with van der Waals surface area (Å²) in [6.07, 6.45) is 0. The van der Waals surface area contributed by atoms with Crippen molar-refractivity contribution in [3.8, 4) is 0 Å². The van der Waals surface area contributed by atoms with E-state index in [-0.39, 0.29) is 11.8 Å². The molecule has 0 unspecified atom stereocenters. The van der Waals surface area contributed by atoms with Gasteiger partial charge in [-0.05, 0) is 49.0 Å². The summed E-state index contributed by atoms with van der Waals surface area (Å²) in [7, 11) is 0. The molecule has 5 heteroatoms. The van der Waals surface area contributed by atoms with Crippen LogP contribution in [0.25, 0.3) is 0 Å². The number of carbonyl (C=O) groups is 2. The van der Waals surface area contributed by atoms with E-state index in [1.54, 1.807) is 24.3 Å². The Labute approximate surface area is 168 Å². The van der Waals surface area contributed by atoms with E-state index >= 15 is 0 Å². The van der Waals surface area contributed by atoms with Crippen LogP contribution in [0.5, 0.6) is 0 Å². The average Bonchev–Trinajstić information content (AvgIpc) is 2.66. The molecule has 2 aromatic carbocycles. The van der Waals surface area contributed by atoms with Gasteiger partial charge in [-0.3, -0.25) is 14.5 Å². The third-order valence-electron chi connectivity index (χ3n) is 4.58. The highest BCUT2D eigenvalue weighted by atomic mass is 16.2. The van der Waals surface area contributed by atoms with Crippen LogP contribution in [0.4, 0.5) is 11.4 Å². The topological polar surface area (TPSA) is 61.4 Å². The second-order valence-corrected chi connectivity index (χ2v) is 7.90. The molecule has 0 aliphatic heterocycles. The Morgan fingerprint density at radius 3 is 2.00 bits per heavy atom. The van der Waals surface area contributed by atoms with Gasteiger partial charge < -0.3 is 10.6 Å². The lowest BCUT2D eigenvalue weighted by Crippen LogP contribution is -2.27. The van der Waals surface area contributed by atoms with Crippen molar-refractivity contribution in [2.45, 2.75) is 41.2 Å². The lowest BCUT2D eigenvalue weighted by atomic mass is 9.95. The molecule has 0 bridgehead atoms. The van der Waals surface area contributed by atoms with Gasteiger partial charge in [0.15, 0.2) is 0 Å². The van der Waals surface area contributed by atoms with E-state index in [1.807, 2.05) is 45.0 Å². The van der Waals surface area contributed by atoms with Crippen LogP contribution >= 0.6 is 0 Å². The minimum atomic E-state index is -0.480. The third-order valence-corrected chi connectivity index (χ3v) is 4.58. The van der Waals surface area contributed by atoms with Crippen molar-refractivity contribution in [2.75, 3.05) is 23.7 Å². The number of rotatable bonds is 7. The number of anilines is 2. The monoisotopic (exact) mass is 381 g/mol. The van der Waals surface area contributed by atoms with Crippen molar-refractivity contribution >= 4 is 23.2 Å². The van der Waals surface area contributed by atoms with Crippen molar-refractivity contribution in [2.24, 2.45) is 5.41 Å². The predicted octanol–water partition coefficient (Wildman–Crippen LogP) is 4.77. The fourth-order valence-corrected chi connectivity index (χ4v) is 2.66. The van der Waals surface area contributed by atoms with Crippen LogP contribution in [-0.2, 0) is 11.3 Å². The molecule has 0 aromatic heterocycles. The Kier molecular flexibility index (Phi) is 7.35. The van der Waals surface area contributed by atoms with Gasteiger partial charge >= 0.3 is 0 Å². The first kappa shape index (κ1) is 21.6. The maximum atomic E-state index is 12.5. The van der Waals surface area contributed by atoms with Crippen LogP contribution in [-0.4, -0.2) is 29.8 Å². The molecule has 150 valence electrons. The Bertz CT molecular complexity index is 803.